The minimum absolute atomic E-state index is 0.0543. The molecule has 0 aliphatic carbocycles. The van der Waals surface area contributed by atoms with Gasteiger partial charge in [-0.1, -0.05) is 61.9 Å². The first-order valence-corrected chi connectivity index (χ1v) is 11.0. The molecule has 3 aromatic rings. The first-order valence-electron chi connectivity index (χ1n) is 9.52. The fraction of sp³-hybridized carbons (Fsp3) is 0.208. The molecule has 0 fully saturated rings. The highest BCUT2D eigenvalue weighted by Crippen LogP contribution is 2.29. The summed E-state index contributed by atoms with van der Waals surface area (Å²) in [5.41, 5.74) is 3.60. The van der Waals surface area contributed by atoms with Crippen molar-refractivity contribution in [2.45, 2.75) is 38.5 Å². The molecule has 0 aliphatic heterocycles. The number of rotatable bonds is 5. The SMILES string of the molecule is Cc1ccc(S(=O)(=O)N=C(Oc2cc(C)ccc2C(C)C)c2ccccc2)cc1. The highest BCUT2D eigenvalue weighted by molar-refractivity contribution is 7.90. The van der Waals surface area contributed by atoms with Gasteiger partial charge in [-0.05, 0) is 61.2 Å². The molecule has 3 aromatic carbocycles. The van der Waals surface area contributed by atoms with Gasteiger partial charge >= 0.3 is 0 Å². The monoisotopic (exact) mass is 407 g/mol. The topological polar surface area (TPSA) is 55.7 Å². The lowest BCUT2D eigenvalue weighted by molar-refractivity contribution is 0.537. The van der Waals surface area contributed by atoms with Gasteiger partial charge in [0.1, 0.15) is 5.75 Å². The summed E-state index contributed by atoms with van der Waals surface area (Å²) in [6.07, 6.45) is 0. The lowest BCUT2D eigenvalue weighted by Gasteiger charge is -2.16. The third-order valence-electron chi connectivity index (χ3n) is 4.54. The first kappa shape index (κ1) is 20.8. The van der Waals surface area contributed by atoms with E-state index in [1.807, 2.05) is 50.2 Å². The molecule has 0 amide bonds. The van der Waals surface area contributed by atoms with E-state index >= 15 is 0 Å². The van der Waals surface area contributed by atoms with E-state index in [2.05, 4.69) is 18.2 Å². The largest absolute Gasteiger partial charge is 0.437 e. The normalized spacial score (nSPS) is 12.2. The summed E-state index contributed by atoms with van der Waals surface area (Å²) in [4.78, 5) is 0.133. The summed E-state index contributed by atoms with van der Waals surface area (Å²) >= 11 is 0. The van der Waals surface area contributed by atoms with Gasteiger partial charge in [0.15, 0.2) is 0 Å². The van der Waals surface area contributed by atoms with Crippen LogP contribution in [0.15, 0.2) is 82.1 Å². The van der Waals surface area contributed by atoms with Crippen LogP contribution < -0.4 is 4.74 Å². The minimum atomic E-state index is -3.92. The second-order valence-electron chi connectivity index (χ2n) is 7.35. The lowest BCUT2D eigenvalue weighted by atomic mass is 10.0. The fourth-order valence-electron chi connectivity index (χ4n) is 2.89. The molecule has 0 bridgehead atoms. The van der Waals surface area contributed by atoms with Crippen molar-refractivity contribution in [1.29, 1.82) is 0 Å². The van der Waals surface area contributed by atoms with Crippen LogP contribution >= 0.6 is 0 Å². The van der Waals surface area contributed by atoms with Crippen molar-refractivity contribution >= 4 is 15.9 Å². The molecule has 150 valence electrons. The van der Waals surface area contributed by atoms with Gasteiger partial charge in [0.25, 0.3) is 10.0 Å². The van der Waals surface area contributed by atoms with E-state index in [4.69, 9.17) is 4.74 Å². The predicted molar refractivity (Wildman–Crippen MR) is 117 cm³/mol. The molecule has 3 rings (SSSR count). The molecule has 0 aromatic heterocycles. The Morgan fingerprint density at radius 2 is 1.48 bits per heavy atom. The van der Waals surface area contributed by atoms with Gasteiger partial charge in [-0.3, -0.25) is 0 Å². The Balaban J connectivity index is 2.11. The number of hydrogen-bond donors (Lipinski definition) is 0. The van der Waals surface area contributed by atoms with Gasteiger partial charge < -0.3 is 4.74 Å². The first-order chi connectivity index (χ1) is 13.8. The molecule has 0 heterocycles. The van der Waals surface area contributed by atoms with E-state index < -0.39 is 10.0 Å². The van der Waals surface area contributed by atoms with Crippen molar-refractivity contribution in [3.8, 4) is 5.75 Å². The zero-order valence-corrected chi connectivity index (χ0v) is 17.9. The molecular formula is C24H25NO3S. The van der Waals surface area contributed by atoms with Crippen LogP contribution in [0.4, 0.5) is 0 Å². The molecular weight excluding hydrogens is 382 g/mol. The Bertz CT molecular complexity index is 1120. The third-order valence-corrected chi connectivity index (χ3v) is 5.81. The smallest absolute Gasteiger partial charge is 0.285 e. The number of benzene rings is 3. The minimum Gasteiger partial charge on any atom is -0.437 e. The lowest BCUT2D eigenvalue weighted by Crippen LogP contribution is -2.15. The van der Waals surface area contributed by atoms with Crippen LogP contribution in [0.25, 0.3) is 0 Å². The van der Waals surface area contributed by atoms with Gasteiger partial charge in [0, 0.05) is 5.56 Å². The summed E-state index contributed by atoms with van der Waals surface area (Å²) in [5.74, 6) is 0.886. The van der Waals surface area contributed by atoms with E-state index in [0.29, 0.717) is 11.3 Å². The van der Waals surface area contributed by atoms with Crippen molar-refractivity contribution in [2.24, 2.45) is 4.40 Å². The van der Waals surface area contributed by atoms with Crippen LogP contribution in [0, 0.1) is 13.8 Å². The van der Waals surface area contributed by atoms with E-state index in [1.165, 1.54) is 0 Å². The molecule has 0 N–H and O–H groups in total. The maximum Gasteiger partial charge on any atom is 0.285 e. The number of nitrogens with zero attached hydrogens (tertiary/aromatic N) is 1. The molecule has 0 atom stereocenters. The summed E-state index contributed by atoms with van der Waals surface area (Å²) in [6, 6.07) is 21.6. The fourth-order valence-corrected chi connectivity index (χ4v) is 3.84. The van der Waals surface area contributed by atoms with Crippen molar-refractivity contribution in [3.05, 3.63) is 95.1 Å². The van der Waals surface area contributed by atoms with Gasteiger partial charge in [-0.15, -0.1) is 4.40 Å². The molecule has 5 heteroatoms. The van der Waals surface area contributed by atoms with Crippen molar-refractivity contribution < 1.29 is 13.2 Å². The third kappa shape index (κ3) is 5.12. The Hall–Kier alpha value is -2.92. The van der Waals surface area contributed by atoms with E-state index in [0.717, 1.165) is 16.7 Å². The maximum atomic E-state index is 12.9. The average molecular weight is 408 g/mol. The van der Waals surface area contributed by atoms with E-state index in [1.54, 1.807) is 36.4 Å². The zero-order valence-electron chi connectivity index (χ0n) is 17.1. The van der Waals surface area contributed by atoms with Crippen LogP contribution in [0.3, 0.4) is 0 Å². The summed E-state index contributed by atoms with van der Waals surface area (Å²) in [5, 5.41) is 0. The quantitative estimate of drug-likeness (QED) is 0.406. The molecule has 0 unspecified atom stereocenters. The second kappa shape index (κ2) is 8.62. The standard InChI is InChI=1S/C24H25NO3S/c1-17(2)22-15-12-19(4)16-23(22)28-24(20-8-6-5-7-9-20)25-29(26,27)21-13-10-18(3)11-14-21/h5-17H,1-4H3. The van der Waals surface area contributed by atoms with E-state index in [-0.39, 0.29) is 16.7 Å². The predicted octanol–water partition coefficient (Wildman–Crippen LogP) is 5.64. The molecule has 0 aliphatic rings. The van der Waals surface area contributed by atoms with Crippen LogP contribution in [0.2, 0.25) is 0 Å². The molecule has 0 saturated carbocycles. The van der Waals surface area contributed by atoms with Crippen molar-refractivity contribution in [3.63, 3.8) is 0 Å². The van der Waals surface area contributed by atoms with Gasteiger partial charge in [0.2, 0.25) is 5.90 Å². The highest BCUT2D eigenvalue weighted by Gasteiger charge is 2.19. The maximum absolute atomic E-state index is 12.9. The van der Waals surface area contributed by atoms with Crippen molar-refractivity contribution in [1.82, 2.24) is 0 Å². The van der Waals surface area contributed by atoms with Crippen LogP contribution in [-0.2, 0) is 10.0 Å². The van der Waals surface area contributed by atoms with Crippen LogP contribution in [0.5, 0.6) is 5.75 Å². The number of aryl methyl sites for hydroxylation is 2. The number of ether oxygens (including phenoxy) is 1. The van der Waals surface area contributed by atoms with Gasteiger partial charge in [-0.2, -0.15) is 8.42 Å². The number of sulfonamides is 1. The molecule has 4 nitrogen and oxygen atoms in total. The van der Waals surface area contributed by atoms with Crippen molar-refractivity contribution in [2.75, 3.05) is 0 Å². The second-order valence-corrected chi connectivity index (χ2v) is 8.95. The van der Waals surface area contributed by atoms with Gasteiger partial charge in [0.05, 0.1) is 4.90 Å². The van der Waals surface area contributed by atoms with Crippen LogP contribution in [-0.4, -0.2) is 14.3 Å². The van der Waals surface area contributed by atoms with E-state index in [9.17, 15) is 8.42 Å². The zero-order chi connectivity index (χ0) is 21.0. The molecule has 0 spiro atoms. The molecule has 0 radical (unpaired) electrons. The van der Waals surface area contributed by atoms with Gasteiger partial charge in [-0.25, -0.2) is 0 Å². The van der Waals surface area contributed by atoms with Crippen LogP contribution in [0.1, 0.15) is 42.0 Å². The Morgan fingerprint density at radius 1 is 0.862 bits per heavy atom. The Labute approximate surface area is 173 Å². The summed E-state index contributed by atoms with van der Waals surface area (Å²) in [6.45, 7) is 8.02. The average Bonchev–Trinajstić information content (AvgIpc) is 2.68. The molecule has 29 heavy (non-hydrogen) atoms. The summed E-state index contributed by atoms with van der Waals surface area (Å²) in [7, 11) is -3.92. The number of hydrogen-bond acceptors (Lipinski definition) is 3. The highest BCUT2D eigenvalue weighted by atomic mass is 32.2. The Morgan fingerprint density at radius 3 is 2.10 bits per heavy atom. The summed E-state index contributed by atoms with van der Waals surface area (Å²) < 4.78 is 36.1. The molecule has 0 saturated heterocycles. The Kier molecular flexibility index (Phi) is 6.18.